The van der Waals surface area contributed by atoms with Crippen LogP contribution in [0, 0.1) is 5.82 Å². The van der Waals surface area contributed by atoms with Gasteiger partial charge in [-0.05, 0) is 30.3 Å². The Morgan fingerprint density at radius 1 is 1.40 bits per heavy atom. The number of hydrogen-bond donors (Lipinski definition) is 1. The zero-order valence-electron chi connectivity index (χ0n) is 13.2. The molecular weight excluding hydrogens is 407 g/mol. The van der Waals surface area contributed by atoms with Crippen LogP contribution in [0.1, 0.15) is 5.56 Å². The number of hydrogen-bond acceptors (Lipinski definition) is 4. The lowest BCUT2D eigenvalue weighted by Crippen LogP contribution is -2.20. The van der Waals surface area contributed by atoms with Crippen molar-refractivity contribution in [1.29, 1.82) is 0 Å². The Balaban J connectivity index is 1.58. The molecular formula is C17H14BrFN4OS. The average molecular weight is 421 g/mol. The first kappa shape index (κ1) is 17.6. The van der Waals surface area contributed by atoms with Gasteiger partial charge in [0.1, 0.15) is 5.82 Å². The molecule has 3 aromatic rings. The van der Waals surface area contributed by atoms with E-state index in [0.717, 1.165) is 20.7 Å². The molecule has 0 saturated carbocycles. The van der Waals surface area contributed by atoms with Crippen LogP contribution >= 0.6 is 27.7 Å². The smallest absolute Gasteiger partial charge is 0.250 e. The second-order valence-corrected chi connectivity index (χ2v) is 7.05. The van der Waals surface area contributed by atoms with Gasteiger partial charge in [-0.3, -0.25) is 4.79 Å². The monoisotopic (exact) mass is 420 g/mol. The van der Waals surface area contributed by atoms with Crippen molar-refractivity contribution in [2.75, 3.05) is 5.75 Å². The molecule has 2 aromatic carbocycles. The van der Waals surface area contributed by atoms with Crippen LogP contribution in [-0.4, -0.2) is 27.4 Å². The van der Waals surface area contributed by atoms with Gasteiger partial charge in [0.2, 0.25) is 0 Å². The maximum atomic E-state index is 13.6. The van der Waals surface area contributed by atoms with Crippen molar-refractivity contribution < 1.29 is 9.18 Å². The average Bonchev–Trinajstić information content (AvgIpc) is 2.92. The highest BCUT2D eigenvalue weighted by atomic mass is 79.9. The quantitative estimate of drug-likeness (QED) is 0.388. The summed E-state index contributed by atoms with van der Waals surface area (Å²) in [5.74, 6) is -0.533. The number of carbonyl (C=O) groups excluding carboxylic acids is 1. The van der Waals surface area contributed by atoms with E-state index < -0.39 is 5.82 Å². The number of thioether (sulfide) groups is 1. The van der Waals surface area contributed by atoms with E-state index in [-0.39, 0.29) is 17.2 Å². The molecule has 0 fully saturated rings. The van der Waals surface area contributed by atoms with Gasteiger partial charge in [-0.25, -0.2) is 14.8 Å². The minimum atomic E-state index is -0.407. The van der Waals surface area contributed by atoms with Crippen LogP contribution in [0.3, 0.4) is 0 Å². The van der Waals surface area contributed by atoms with Crippen LogP contribution in [0.2, 0.25) is 0 Å². The van der Waals surface area contributed by atoms with Gasteiger partial charge in [-0.2, -0.15) is 5.10 Å². The van der Waals surface area contributed by atoms with Gasteiger partial charge in [0.25, 0.3) is 5.91 Å². The van der Waals surface area contributed by atoms with E-state index in [4.69, 9.17) is 0 Å². The standard InChI is InChI=1S/C17H14BrFN4OS/c1-23-15-5-3-2-4-14(15)21-17(23)25-10-16(24)22-20-9-11-8-12(18)6-7-13(11)19/h2-9H,10H2,1H3,(H,22,24)/b20-9+. The van der Waals surface area contributed by atoms with E-state index in [9.17, 15) is 9.18 Å². The second-order valence-electron chi connectivity index (χ2n) is 5.19. The number of rotatable bonds is 5. The number of carbonyl (C=O) groups is 1. The summed E-state index contributed by atoms with van der Waals surface area (Å²) in [7, 11) is 1.91. The molecule has 1 N–H and O–H groups in total. The number of nitrogens with zero attached hydrogens (tertiary/aromatic N) is 3. The van der Waals surface area contributed by atoms with E-state index in [1.165, 1.54) is 24.0 Å². The van der Waals surface area contributed by atoms with Gasteiger partial charge in [0, 0.05) is 17.1 Å². The molecule has 8 heteroatoms. The van der Waals surface area contributed by atoms with Crippen molar-refractivity contribution in [3.05, 3.63) is 58.3 Å². The lowest BCUT2D eigenvalue weighted by molar-refractivity contribution is -0.118. The van der Waals surface area contributed by atoms with E-state index in [0.29, 0.717) is 0 Å². The van der Waals surface area contributed by atoms with E-state index in [2.05, 4.69) is 31.4 Å². The van der Waals surface area contributed by atoms with Crippen molar-refractivity contribution in [2.45, 2.75) is 5.16 Å². The Bertz CT molecular complexity index is 957. The molecule has 128 valence electrons. The fourth-order valence-corrected chi connectivity index (χ4v) is 3.36. The van der Waals surface area contributed by atoms with Gasteiger partial charge in [0.05, 0.1) is 23.0 Å². The van der Waals surface area contributed by atoms with E-state index in [1.54, 1.807) is 12.1 Å². The van der Waals surface area contributed by atoms with Crippen molar-refractivity contribution in [3.63, 3.8) is 0 Å². The topological polar surface area (TPSA) is 59.3 Å². The molecule has 25 heavy (non-hydrogen) atoms. The molecule has 5 nitrogen and oxygen atoms in total. The lowest BCUT2D eigenvalue weighted by atomic mass is 10.2. The van der Waals surface area contributed by atoms with E-state index >= 15 is 0 Å². The first-order chi connectivity index (χ1) is 12.0. The summed E-state index contributed by atoms with van der Waals surface area (Å²) in [4.78, 5) is 16.4. The highest BCUT2D eigenvalue weighted by Crippen LogP contribution is 2.22. The molecule has 0 aliphatic carbocycles. The third-order valence-corrected chi connectivity index (χ3v) is 4.95. The maximum absolute atomic E-state index is 13.6. The number of amides is 1. The first-order valence-corrected chi connectivity index (χ1v) is 9.13. The van der Waals surface area contributed by atoms with Gasteiger partial charge in [-0.1, -0.05) is 39.8 Å². The largest absolute Gasteiger partial charge is 0.322 e. The SMILES string of the molecule is Cn1c(SCC(=O)N/N=C/c2cc(Br)ccc2F)nc2ccccc21. The molecule has 1 heterocycles. The van der Waals surface area contributed by atoms with Crippen LogP contribution in [0.4, 0.5) is 4.39 Å². The number of nitrogens with one attached hydrogen (secondary N) is 1. The zero-order valence-corrected chi connectivity index (χ0v) is 15.6. The number of benzene rings is 2. The number of imidazole rings is 1. The Morgan fingerprint density at radius 2 is 2.20 bits per heavy atom. The molecule has 1 aromatic heterocycles. The normalized spacial score (nSPS) is 11.3. The maximum Gasteiger partial charge on any atom is 0.250 e. The van der Waals surface area contributed by atoms with Crippen molar-refractivity contribution in [1.82, 2.24) is 15.0 Å². The summed E-state index contributed by atoms with van der Waals surface area (Å²) in [5, 5.41) is 4.54. The molecule has 0 bridgehead atoms. The molecule has 3 rings (SSSR count). The molecule has 0 spiro atoms. The fourth-order valence-electron chi connectivity index (χ4n) is 2.20. The molecule has 0 saturated heterocycles. The summed E-state index contributed by atoms with van der Waals surface area (Å²) in [6.45, 7) is 0. The Labute approximate surface area is 156 Å². The highest BCUT2D eigenvalue weighted by molar-refractivity contribution is 9.10. The number of aryl methyl sites for hydroxylation is 1. The zero-order chi connectivity index (χ0) is 17.8. The lowest BCUT2D eigenvalue weighted by Gasteiger charge is -2.02. The summed E-state index contributed by atoms with van der Waals surface area (Å²) in [6, 6.07) is 12.3. The van der Waals surface area contributed by atoms with Gasteiger partial charge >= 0.3 is 0 Å². The highest BCUT2D eigenvalue weighted by Gasteiger charge is 2.10. The number of fused-ring (bicyclic) bond motifs is 1. The number of aromatic nitrogens is 2. The number of hydrazone groups is 1. The van der Waals surface area contributed by atoms with Crippen molar-refractivity contribution in [3.8, 4) is 0 Å². The molecule has 0 atom stereocenters. The predicted octanol–water partition coefficient (Wildman–Crippen LogP) is 3.72. The van der Waals surface area contributed by atoms with Gasteiger partial charge in [-0.15, -0.1) is 0 Å². The van der Waals surface area contributed by atoms with Crippen LogP contribution < -0.4 is 5.43 Å². The Hall–Kier alpha value is -2.19. The minimum absolute atomic E-state index is 0.162. The first-order valence-electron chi connectivity index (χ1n) is 7.36. The summed E-state index contributed by atoms with van der Waals surface area (Å²) in [6.07, 6.45) is 1.28. The Morgan fingerprint density at radius 3 is 3.00 bits per heavy atom. The minimum Gasteiger partial charge on any atom is -0.322 e. The van der Waals surface area contributed by atoms with E-state index in [1.807, 2.05) is 35.9 Å². The Kier molecular flexibility index (Phi) is 5.50. The summed E-state index contributed by atoms with van der Waals surface area (Å²) >= 11 is 4.58. The molecule has 0 unspecified atom stereocenters. The third-order valence-electron chi connectivity index (χ3n) is 3.43. The fraction of sp³-hybridized carbons (Fsp3) is 0.118. The van der Waals surface area contributed by atoms with Crippen molar-refractivity contribution >= 4 is 50.8 Å². The van der Waals surface area contributed by atoms with Crippen LogP contribution in [-0.2, 0) is 11.8 Å². The molecule has 0 radical (unpaired) electrons. The second kappa shape index (κ2) is 7.79. The molecule has 1 amide bonds. The molecule has 0 aliphatic rings. The molecule has 0 aliphatic heterocycles. The number of para-hydroxylation sites is 2. The van der Waals surface area contributed by atoms with Crippen LogP contribution in [0.25, 0.3) is 11.0 Å². The predicted molar refractivity (Wildman–Crippen MR) is 101 cm³/mol. The summed E-state index contributed by atoms with van der Waals surface area (Å²) in [5.41, 5.74) is 4.57. The van der Waals surface area contributed by atoms with Gasteiger partial charge in [0.15, 0.2) is 5.16 Å². The van der Waals surface area contributed by atoms with Gasteiger partial charge < -0.3 is 4.57 Å². The van der Waals surface area contributed by atoms with Crippen molar-refractivity contribution in [2.24, 2.45) is 12.1 Å². The van der Waals surface area contributed by atoms with Crippen LogP contribution in [0.5, 0.6) is 0 Å². The number of halogens is 2. The third kappa shape index (κ3) is 4.26. The van der Waals surface area contributed by atoms with Crippen LogP contribution in [0.15, 0.2) is 57.2 Å². The summed E-state index contributed by atoms with van der Waals surface area (Å²) < 4.78 is 16.2.